The smallest absolute Gasteiger partial charge is 0.145 e. The maximum Gasteiger partial charge on any atom is 0.145 e. The van der Waals surface area contributed by atoms with Gasteiger partial charge >= 0.3 is 0 Å². The molecular formula is C53H36N4. The van der Waals surface area contributed by atoms with Crippen molar-refractivity contribution in [3.63, 3.8) is 0 Å². The molecule has 0 bridgehead atoms. The van der Waals surface area contributed by atoms with E-state index < -0.39 is 0 Å². The predicted octanol–water partition coefficient (Wildman–Crippen LogP) is 13.5. The lowest BCUT2D eigenvalue weighted by atomic mass is 9.93. The summed E-state index contributed by atoms with van der Waals surface area (Å²) in [6.07, 6.45) is 0. The lowest BCUT2D eigenvalue weighted by Crippen LogP contribution is -1.98. The number of benzene rings is 7. The Morgan fingerprint density at radius 2 is 0.596 bits per heavy atom. The highest BCUT2D eigenvalue weighted by molar-refractivity contribution is 5.88. The maximum absolute atomic E-state index is 5.33. The third-order valence-corrected chi connectivity index (χ3v) is 10.4. The minimum absolute atomic E-state index is 0.867. The minimum Gasteiger partial charge on any atom is -0.292 e. The minimum atomic E-state index is 0.867. The van der Waals surface area contributed by atoms with E-state index in [1.165, 1.54) is 0 Å². The third-order valence-electron chi connectivity index (χ3n) is 10.4. The van der Waals surface area contributed by atoms with E-state index >= 15 is 0 Å². The van der Waals surface area contributed by atoms with Gasteiger partial charge in [-0.25, -0.2) is 15.0 Å². The lowest BCUT2D eigenvalue weighted by Gasteiger charge is -2.16. The quantitative estimate of drug-likeness (QED) is 0.156. The Bertz CT molecular complexity index is 2720. The van der Waals surface area contributed by atoms with Crippen LogP contribution in [0.1, 0.15) is 0 Å². The van der Waals surface area contributed by atoms with Gasteiger partial charge in [-0.05, 0) is 89.0 Å². The van der Waals surface area contributed by atoms with Gasteiger partial charge < -0.3 is 0 Å². The molecule has 3 heterocycles. The Morgan fingerprint density at radius 1 is 0.263 bits per heavy atom. The van der Waals surface area contributed by atoms with Crippen LogP contribution in [0.5, 0.6) is 0 Å². The molecule has 0 fully saturated rings. The van der Waals surface area contributed by atoms with E-state index in [1.54, 1.807) is 0 Å². The highest BCUT2D eigenvalue weighted by Crippen LogP contribution is 2.39. The standard InChI is InChI=1S/C53H36N4/c1-6-18-37(19-7-1)48-33-43(34-49(54-48)38-20-8-2-9-21-38)41-30-42(44-35-50(39-22-10-3-11-23-39)55-51(36-44)40-24-12-4-13-25-40)32-45(31-41)53-56-47-28-16-17-29-52(47)57(53)46-26-14-5-15-27-46/h1-36H. The van der Waals surface area contributed by atoms with Crippen LogP contribution in [-0.4, -0.2) is 19.5 Å². The number of hydrogen-bond donors (Lipinski definition) is 0. The van der Waals surface area contributed by atoms with Crippen LogP contribution in [0, 0.1) is 0 Å². The number of rotatable bonds is 8. The van der Waals surface area contributed by atoms with Gasteiger partial charge in [0.1, 0.15) is 5.82 Å². The van der Waals surface area contributed by atoms with Gasteiger partial charge in [-0.1, -0.05) is 152 Å². The van der Waals surface area contributed by atoms with Crippen molar-refractivity contribution in [1.29, 1.82) is 0 Å². The molecule has 0 N–H and O–H groups in total. The molecule has 7 aromatic carbocycles. The first-order valence-electron chi connectivity index (χ1n) is 19.2. The van der Waals surface area contributed by atoms with Crippen molar-refractivity contribution < 1.29 is 0 Å². The van der Waals surface area contributed by atoms with Crippen LogP contribution in [0.2, 0.25) is 0 Å². The molecule has 0 radical (unpaired) electrons. The van der Waals surface area contributed by atoms with Crippen molar-refractivity contribution in [2.45, 2.75) is 0 Å². The molecule has 0 unspecified atom stereocenters. The second-order valence-electron chi connectivity index (χ2n) is 14.1. The van der Waals surface area contributed by atoms with Crippen LogP contribution < -0.4 is 0 Å². The number of nitrogens with zero attached hydrogens (tertiary/aromatic N) is 4. The Balaban J connectivity index is 1.26. The molecule has 10 aromatic rings. The average Bonchev–Trinajstić information content (AvgIpc) is 3.70. The number of fused-ring (bicyclic) bond motifs is 1. The monoisotopic (exact) mass is 728 g/mol. The summed E-state index contributed by atoms with van der Waals surface area (Å²) in [6, 6.07) is 76.3. The van der Waals surface area contributed by atoms with E-state index in [4.69, 9.17) is 15.0 Å². The Morgan fingerprint density at radius 3 is 1.02 bits per heavy atom. The number of imidazole rings is 1. The van der Waals surface area contributed by atoms with Crippen molar-refractivity contribution in [2.24, 2.45) is 0 Å². The van der Waals surface area contributed by atoms with Crippen LogP contribution in [-0.2, 0) is 0 Å². The molecule has 268 valence electrons. The first-order valence-corrected chi connectivity index (χ1v) is 19.2. The molecular weight excluding hydrogens is 693 g/mol. The lowest BCUT2D eigenvalue weighted by molar-refractivity contribution is 1.10. The van der Waals surface area contributed by atoms with Gasteiger partial charge in [0.25, 0.3) is 0 Å². The molecule has 4 nitrogen and oxygen atoms in total. The zero-order valence-electron chi connectivity index (χ0n) is 31.1. The Hall–Kier alpha value is -7.69. The number of para-hydroxylation sites is 3. The first kappa shape index (κ1) is 33.8. The molecule has 0 aliphatic carbocycles. The molecule has 4 heteroatoms. The fourth-order valence-electron chi connectivity index (χ4n) is 7.57. The number of hydrogen-bond acceptors (Lipinski definition) is 3. The van der Waals surface area contributed by atoms with Crippen molar-refractivity contribution in [2.75, 3.05) is 0 Å². The van der Waals surface area contributed by atoms with Gasteiger partial charge in [-0.15, -0.1) is 0 Å². The molecule has 0 amide bonds. The molecule has 0 aliphatic heterocycles. The van der Waals surface area contributed by atoms with Crippen LogP contribution in [0.4, 0.5) is 0 Å². The van der Waals surface area contributed by atoms with Crippen LogP contribution in [0.25, 0.3) is 95.4 Å². The fourth-order valence-corrected chi connectivity index (χ4v) is 7.57. The highest BCUT2D eigenvalue weighted by atomic mass is 15.1. The Kier molecular flexibility index (Phi) is 8.82. The van der Waals surface area contributed by atoms with Crippen LogP contribution in [0.15, 0.2) is 218 Å². The summed E-state index contributed by atoms with van der Waals surface area (Å²) < 4.78 is 2.27. The molecule has 10 rings (SSSR count). The van der Waals surface area contributed by atoms with Crippen molar-refractivity contribution in [3.05, 3.63) is 218 Å². The number of aromatic nitrogens is 4. The van der Waals surface area contributed by atoms with E-state index in [0.29, 0.717) is 0 Å². The molecule has 3 aromatic heterocycles. The topological polar surface area (TPSA) is 43.6 Å². The van der Waals surface area contributed by atoms with E-state index in [-0.39, 0.29) is 0 Å². The second kappa shape index (κ2) is 14.9. The number of pyridine rings is 2. The van der Waals surface area contributed by atoms with Gasteiger partial charge in [0.05, 0.1) is 33.8 Å². The molecule has 57 heavy (non-hydrogen) atoms. The Labute approximate surface area is 332 Å². The third kappa shape index (κ3) is 6.81. The van der Waals surface area contributed by atoms with E-state index in [2.05, 4.69) is 199 Å². The van der Waals surface area contributed by atoms with Gasteiger partial charge in [0, 0.05) is 33.5 Å². The van der Waals surface area contributed by atoms with Crippen molar-refractivity contribution in [3.8, 4) is 84.4 Å². The van der Waals surface area contributed by atoms with E-state index in [1.807, 2.05) is 24.3 Å². The summed E-state index contributed by atoms with van der Waals surface area (Å²) in [5, 5.41) is 0. The fraction of sp³-hybridized carbons (Fsp3) is 0. The molecule has 0 atom stereocenters. The van der Waals surface area contributed by atoms with E-state index in [0.717, 1.165) is 95.4 Å². The highest BCUT2D eigenvalue weighted by Gasteiger charge is 2.19. The van der Waals surface area contributed by atoms with Crippen LogP contribution >= 0.6 is 0 Å². The van der Waals surface area contributed by atoms with Crippen LogP contribution in [0.3, 0.4) is 0 Å². The van der Waals surface area contributed by atoms with Crippen molar-refractivity contribution >= 4 is 11.0 Å². The normalized spacial score (nSPS) is 11.2. The molecule has 0 saturated carbocycles. The van der Waals surface area contributed by atoms with Gasteiger partial charge in [-0.3, -0.25) is 4.57 Å². The average molecular weight is 729 g/mol. The summed E-state index contributed by atoms with van der Waals surface area (Å²) >= 11 is 0. The van der Waals surface area contributed by atoms with Gasteiger partial charge in [-0.2, -0.15) is 0 Å². The second-order valence-corrected chi connectivity index (χ2v) is 14.1. The zero-order chi connectivity index (χ0) is 38.0. The summed E-state index contributed by atoms with van der Waals surface area (Å²) in [7, 11) is 0. The predicted molar refractivity (Wildman–Crippen MR) is 235 cm³/mol. The zero-order valence-corrected chi connectivity index (χ0v) is 31.1. The first-order chi connectivity index (χ1) is 28.2. The SMILES string of the molecule is c1ccc(-c2cc(-c3cc(-c4cc(-c5ccccc5)nc(-c5ccccc5)c4)cc(-c4nc5ccccc5n4-c4ccccc4)c3)cc(-c3ccccc3)n2)cc1. The van der Waals surface area contributed by atoms with Gasteiger partial charge in [0.2, 0.25) is 0 Å². The summed E-state index contributed by atoms with van der Waals surface area (Å²) in [5.41, 5.74) is 16.2. The molecule has 0 aliphatic rings. The molecule has 0 spiro atoms. The largest absolute Gasteiger partial charge is 0.292 e. The summed E-state index contributed by atoms with van der Waals surface area (Å²) in [5.74, 6) is 0.867. The summed E-state index contributed by atoms with van der Waals surface area (Å²) in [6.45, 7) is 0. The van der Waals surface area contributed by atoms with Crippen molar-refractivity contribution in [1.82, 2.24) is 19.5 Å². The molecule has 0 saturated heterocycles. The maximum atomic E-state index is 5.33. The summed E-state index contributed by atoms with van der Waals surface area (Å²) in [4.78, 5) is 15.7. The van der Waals surface area contributed by atoms with E-state index in [9.17, 15) is 0 Å². The van der Waals surface area contributed by atoms with Gasteiger partial charge in [0.15, 0.2) is 0 Å².